The molecule has 0 spiro atoms. The molecule has 2 fully saturated rings. The minimum atomic E-state index is -1.54. The van der Waals surface area contributed by atoms with E-state index in [0.29, 0.717) is 5.04 Å². The molecule has 0 aromatic heterocycles. The third kappa shape index (κ3) is 2.77. The van der Waals surface area contributed by atoms with Crippen LogP contribution in [0, 0.1) is 0 Å². The van der Waals surface area contributed by atoms with Crippen molar-refractivity contribution in [1.82, 2.24) is 4.90 Å². The van der Waals surface area contributed by atoms with Gasteiger partial charge in [0, 0.05) is 18.7 Å². The Labute approximate surface area is 108 Å². The first-order valence-electron chi connectivity index (χ1n) is 7.21. The van der Waals surface area contributed by atoms with Crippen molar-refractivity contribution in [2.24, 2.45) is 0 Å². The van der Waals surface area contributed by atoms with Gasteiger partial charge in [0.1, 0.15) is 0 Å². The first kappa shape index (κ1) is 13.6. The Balaban J connectivity index is 1.86. The summed E-state index contributed by atoms with van der Waals surface area (Å²) in [5.41, 5.74) is 0. The summed E-state index contributed by atoms with van der Waals surface area (Å²) in [6, 6.07) is 1.61. The van der Waals surface area contributed by atoms with E-state index in [0.717, 1.165) is 18.7 Å². The molecule has 2 atom stereocenters. The SMILES string of the molecule is CC(C)(C)[Si](C)(C)OCC1CCC2CCCN21. The Hall–Kier alpha value is 0.137. The quantitative estimate of drug-likeness (QED) is 0.714. The zero-order valence-electron chi connectivity index (χ0n) is 12.3. The molecule has 2 heterocycles. The lowest BCUT2D eigenvalue weighted by molar-refractivity contribution is 0.159. The summed E-state index contributed by atoms with van der Waals surface area (Å²) >= 11 is 0. The van der Waals surface area contributed by atoms with Crippen molar-refractivity contribution < 1.29 is 4.43 Å². The van der Waals surface area contributed by atoms with E-state index in [1.54, 1.807) is 0 Å². The smallest absolute Gasteiger partial charge is 0.192 e. The van der Waals surface area contributed by atoms with E-state index < -0.39 is 8.32 Å². The standard InChI is InChI=1S/C14H29NOSi/c1-14(2,3)17(4,5)16-11-13-9-8-12-7-6-10-15(12)13/h12-13H,6-11H2,1-5H3. The summed E-state index contributed by atoms with van der Waals surface area (Å²) in [6.07, 6.45) is 5.60. The van der Waals surface area contributed by atoms with Crippen molar-refractivity contribution in [3.8, 4) is 0 Å². The molecular formula is C14H29NOSi. The summed E-state index contributed by atoms with van der Waals surface area (Å²) in [5.74, 6) is 0. The molecule has 0 N–H and O–H groups in total. The van der Waals surface area contributed by atoms with Crippen LogP contribution in [0.2, 0.25) is 18.1 Å². The molecule has 100 valence electrons. The lowest BCUT2D eigenvalue weighted by Crippen LogP contribution is -2.45. The highest BCUT2D eigenvalue weighted by Crippen LogP contribution is 2.38. The van der Waals surface area contributed by atoms with E-state index in [2.05, 4.69) is 38.8 Å². The molecule has 3 heteroatoms. The Bertz CT molecular complexity index is 272. The van der Waals surface area contributed by atoms with Crippen molar-refractivity contribution in [3.05, 3.63) is 0 Å². The fourth-order valence-corrected chi connectivity index (χ4v) is 3.94. The molecule has 2 unspecified atom stereocenters. The van der Waals surface area contributed by atoms with Gasteiger partial charge in [-0.2, -0.15) is 0 Å². The van der Waals surface area contributed by atoms with Gasteiger partial charge < -0.3 is 4.43 Å². The Morgan fingerprint density at radius 3 is 2.53 bits per heavy atom. The van der Waals surface area contributed by atoms with Crippen molar-refractivity contribution in [3.63, 3.8) is 0 Å². The first-order valence-corrected chi connectivity index (χ1v) is 10.1. The Kier molecular flexibility index (Phi) is 3.73. The highest BCUT2D eigenvalue weighted by atomic mass is 28.4. The van der Waals surface area contributed by atoms with Crippen LogP contribution in [0.5, 0.6) is 0 Å². The summed E-state index contributed by atoms with van der Waals surface area (Å²) < 4.78 is 6.38. The fraction of sp³-hybridized carbons (Fsp3) is 1.00. The largest absolute Gasteiger partial charge is 0.415 e. The minimum Gasteiger partial charge on any atom is -0.415 e. The molecule has 0 bridgehead atoms. The van der Waals surface area contributed by atoms with Crippen LogP contribution in [-0.4, -0.2) is 38.5 Å². The molecular weight excluding hydrogens is 226 g/mol. The molecule has 0 aliphatic carbocycles. The molecule has 2 rings (SSSR count). The van der Waals surface area contributed by atoms with Gasteiger partial charge in [0.15, 0.2) is 8.32 Å². The second-order valence-electron chi connectivity index (χ2n) is 7.34. The van der Waals surface area contributed by atoms with E-state index >= 15 is 0 Å². The molecule has 0 aromatic rings. The van der Waals surface area contributed by atoms with Gasteiger partial charge in [-0.05, 0) is 50.4 Å². The highest BCUT2D eigenvalue weighted by Gasteiger charge is 2.41. The van der Waals surface area contributed by atoms with Gasteiger partial charge in [0.05, 0.1) is 0 Å². The van der Waals surface area contributed by atoms with Gasteiger partial charge in [-0.1, -0.05) is 20.8 Å². The lowest BCUT2D eigenvalue weighted by Gasteiger charge is -2.38. The summed E-state index contributed by atoms with van der Waals surface area (Å²) in [4.78, 5) is 2.72. The zero-order valence-corrected chi connectivity index (χ0v) is 13.3. The van der Waals surface area contributed by atoms with Gasteiger partial charge in [-0.15, -0.1) is 0 Å². The van der Waals surface area contributed by atoms with Gasteiger partial charge in [0.25, 0.3) is 0 Å². The molecule has 0 radical (unpaired) electrons. The third-order valence-corrected chi connectivity index (χ3v) is 9.67. The molecule has 2 saturated heterocycles. The van der Waals surface area contributed by atoms with Crippen LogP contribution in [0.25, 0.3) is 0 Å². The van der Waals surface area contributed by atoms with Crippen LogP contribution < -0.4 is 0 Å². The van der Waals surface area contributed by atoms with Crippen LogP contribution in [0.1, 0.15) is 46.5 Å². The van der Waals surface area contributed by atoms with Crippen molar-refractivity contribution in [2.45, 2.75) is 76.7 Å². The average Bonchev–Trinajstić information content (AvgIpc) is 2.74. The predicted octanol–water partition coefficient (Wildman–Crippen LogP) is 3.64. The number of hydrogen-bond donors (Lipinski definition) is 0. The normalized spacial score (nSPS) is 30.9. The minimum absolute atomic E-state index is 0.343. The van der Waals surface area contributed by atoms with Gasteiger partial charge >= 0.3 is 0 Å². The number of hydrogen-bond acceptors (Lipinski definition) is 2. The van der Waals surface area contributed by atoms with E-state index in [9.17, 15) is 0 Å². The Morgan fingerprint density at radius 2 is 1.88 bits per heavy atom. The molecule has 2 aliphatic rings. The number of nitrogens with zero attached hydrogens (tertiary/aromatic N) is 1. The van der Waals surface area contributed by atoms with Crippen LogP contribution in [0.4, 0.5) is 0 Å². The second-order valence-corrected chi connectivity index (χ2v) is 12.1. The van der Waals surface area contributed by atoms with E-state index in [4.69, 9.17) is 4.43 Å². The van der Waals surface area contributed by atoms with E-state index in [1.165, 1.54) is 32.2 Å². The summed E-state index contributed by atoms with van der Waals surface area (Å²) in [6.45, 7) is 14.0. The predicted molar refractivity (Wildman–Crippen MR) is 75.9 cm³/mol. The summed E-state index contributed by atoms with van der Waals surface area (Å²) in [5, 5.41) is 0.343. The average molecular weight is 255 g/mol. The monoisotopic (exact) mass is 255 g/mol. The molecule has 17 heavy (non-hydrogen) atoms. The maximum absolute atomic E-state index is 6.38. The third-order valence-electron chi connectivity index (χ3n) is 5.17. The second kappa shape index (κ2) is 4.67. The Morgan fingerprint density at radius 1 is 1.18 bits per heavy atom. The number of rotatable bonds is 3. The van der Waals surface area contributed by atoms with Gasteiger partial charge in [-0.25, -0.2) is 0 Å². The number of fused-ring (bicyclic) bond motifs is 1. The van der Waals surface area contributed by atoms with E-state index in [1.807, 2.05) is 0 Å². The van der Waals surface area contributed by atoms with E-state index in [-0.39, 0.29) is 0 Å². The maximum Gasteiger partial charge on any atom is 0.192 e. The maximum atomic E-state index is 6.38. The molecule has 0 aromatic carbocycles. The van der Waals surface area contributed by atoms with Crippen molar-refractivity contribution in [2.75, 3.05) is 13.2 Å². The molecule has 2 aliphatic heterocycles. The lowest BCUT2D eigenvalue weighted by atomic mass is 10.1. The van der Waals surface area contributed by atoms with Crippen LogP contribution in [-0.2, 0) is 4.43 Å². The van der Waals surface area contributed by atoms with Crippen LogP contribution in [0.3, 0.4) is 0 Å². The topological polar surface area (TPSA) is 12.5 Å². The van der Waals surface area contributed by atoms with Crippen molar-refractivity contribution in [1.29, 1.82) is 0 Å². The van der Waals surface area contributed by atoms with Gasteiger partial charge in [0.2, 0.25) is 0 Å². The fourth-order valence-electron chi connectivity index (χ4n) is 2.90. The molecule has 0 amide bonds. The highest BCUT2D eigenvalue weighted by molar-refractivity contribution is 6.74. The van der Waals surface area contributed by atoms with Crippen LogP contribution in [0.15, 0.2) is 0 Å². The first-order chi connectivity index (χ1) is 7.81. The molecule has 2 nitrogen and oxygen atoms in total. The van der Waals surface area contributed by atoms with Gasteiger partial charge in [-0.3, -0.25) is 4.90 Å². The van der Waals surface area contributed by atoms with Crippen LogP contribution >= 0.6 is 0 Å². The zero-order chi connectivity index (χ0) is 12.7. The molecule has 0 saturated carbocycles. The summed E-state index contributed by atoms with van der Waals surface area (Å²) in [7, 11) is -1.54. The van der Waals surface area contributed by atoms with Crippen molar-refractivity contribution >= 4 is 8.32 Å².